The van der Waals surface area contributed by atoms with E-state index in [1.54, 1.807) is 11.1 Å². The number of carbonyl (C=O) groups is 2. The molecule has 1 atom stereocenters. The zero-order chi connectivity index (χ0) is 14.9. The van der Waals surface area contributed by atoms with Gasteiger partial charge in [0.1, 0.15) is 17.6 Å². The van der Waals surface area contributed by atoms with Crippen molar-refractivity contribution < 1.29 is 9.59 Å². The van der Waals surface area contributed by atoms with Gasteiger partial charge in [-0.15, -0.1) is 11.3 Å². The Balaban J connectivity index is 2.26. The van der Waals surface area contributed by atoms with Crippen LogP contribution < -0.4 is 5.32 Å². The van der Waals surface area contributed by atoms with Crippen LogP contribution >= 0.6 is 11.3 Å². The summed E-state index contributed by atoms with van der Waals surface area (Å²) in [6.07, 6.45) is 2.39. The van der Waals surface area contributed by atoms with Crippen molar-refractivity contribution in [3.8, 4) is 0 Å². The Morgan fingerprint density at radius 1 is 1.50 bits per heavy atom. The Morgan fingerprint density at radius 3 is 2.75 bits per heavy atom. The van der Waals surface area contributed by atoms with E-state index in [4.69, 9.17) is 0 Å². The maximum Gasteiger partial charge on any atom is 0.246 e. The van der Waals surface area contributed by atoms with Crippen molar-refractivity contribution in [3.63, 3.8) is 0 Å². The van der Waals surface area contributed by atoms with Crippen molar-refractivity contribution in [1.82, 2.24) is 15.2 Å². The fourth-order valence-electron chi connectivity index (χ4n) is 2.46. The summed E-state index contributed by atoms with van der Waals surface area (Å²) >= 11 is 1.51. The van der Waals surface area contributed by atoms with Crippen LogP contribution in [0.3, 0.4) is 0 Å². The van der Waals surface area contributed by atoms with Gasteiger partial charge in [0.25, 0.3) is 0 Å². The van der Waals surface area contributed by atoms with Crippen molar-refractivity contribution in [1.29, 1.82) is 0 Å². The van der Waals surface area contributed by atoms with Crippen molar-refractivity contribution in [3.05, 3.63) is 16.6 Å². The second-order valence-electron chi connectivity index (χ2n) is 6.07. The number of nitrogens with one attached hydrogen (secondary N) is 1. The Labute approximate surface area is 123 Å². The summed E-state index contributed by atoms with van der Waals surface area (Å²) in [7, 11) is 0. The first-order valence-corrected chi connectivity index (χ1v) is 7.71. The summed E-state index contributed by atoms with van der Waals surface area (Å²) in [6.45, 7) is 8.07. The largest absolute Gasteiger partial charge is 0.343 e. The van der Waals surface area contributed by atoms with E-state index < -0.39 is 11.6 Å². The Kier molecular flexibility index (Phi) is 4.13. The lowest BCUT2D eigenvalue weighted by atomic mass is 9.96. The molecule has 0 radical (unpaired) electrons. The SMILES string of the molecule is CC(C)CC1NC(=O)CN(C(C)(C)c2nccs2)C1=O. The molecule has 2 heterocycles. The fourth-order valence-corrected chi connectivity index (χ4v) is 3.23. The minimum absolute atomic E-state index is 0.0153. The van der Waals surface area contributed by atoms with E-state index in [9.17, 15) is 9.59 Å². The van der Waals surface area contributed by atoms with E-state index in [1.165, 1.54) is 11.3 Å². The zero-order valence-electron chi connectivity index (χ0n) is 12.3. The van der Waals surface area contributed by atoms with Crippen LogP contribution in [0, 0.1) is 5.92 Å². The van der Waals surface area contributed by atoms with E-state index in [0.29, 0.717) is 12.3 Å². The van der Waals surface area contributed by atoms with E-state index in [2.05, 4.69) is 10.3 Å². The number of hydrogen-bond donors (Lipinski definition) is 1. The molecule has 1 aliphatic rings. The molecule has 20 heavy (non-hydrogen) atoms. The summed E-state index contributed by atoms with van der Waals surface area (Å²) in [5, 5.41) is 5.53. The molecule has 1 N–H and O–H groups in total. The number of rotatable bonds is 4. The van der Waals surface area contributed by atoms with Crippen LogP contribution in [0.1, 0.15) is 39.1 Å². The van der Waals surface area contributed by atoms with Gasteiger partial charge in [0, 0.05) is 11.6 Å². The van der Waals surface area contributed by atoms with Crippen LogP contribution in [-0.2, 0) is 15.1 Å². The Hall–Kier alpha value is -1.43. The minimum atomic E-state index is -0.557. The second kappa shape index (κ2) is 5.52. The van der Waals surface area contributed by atoms with Gasteiger partial charge in [-0.3, -0.25) is 9.59 Å². The molecule has 1 fully saturated rings. The standard InChI is InChI=1S/C14H21N3O2S/c1-9(2)7-10-12(19)17(8-11(18)16-10)14(3,4)13-15-5-6-20-13/h5-6,9-10H,7-8H2,1-4H3,(H,16,18). The van der Waals surface area contributed by atoms with Crippen LogP contribution in [0.4, 0.5) is 0 Å². The molecular formula is C14H21N3O2S. The summed E-state index contributed by atoms with van der Waals surface area (Å²) in [4.78, 5) is 30.5. The molecule has 0 spiro atoms. The predicted molar refractivity (Wildman–Crippen MR) is 78.2 cm³/mol. The van der Waals surface area contributed by atoms with Crippen molar-refractivity contribution in [2.45, 2.75) is 45.7 Å². The van der Waals surface area contributed by atoms with Gasteiger partial charge in [0.2, 0.25) is 11.8 Å². The van der Waals surface area contributed by atoms with Gasteiger partial charge in [-0.2, -0.15) is 0 Å². The Bertz CT molecular complexity index is 497. The number of nitrogens with zero attached hydrogens (tertiary/aromatic N) is 2. The van der Waals surface area contributed by atoms with Gasteiger partial charge < -0.3 is 10.2 Å². The van der Waals surface area contributed by atoms with Gasteiger partial charge in [0.05, 0.1) is 5.54 Å². The number of hydrogen-bond acceptors (Lipinski definition) is 4. The van der Waals surface area contributed by atoms with E-state index in [1.807, 2.05) is 33.1 Å². The molecule has 6 heteroatoms. The lowest BCUT2D eigenvalue weighted by molar-refractivity contribution is -0.150. The van der Waals surface area contributed by atoms with Crippen LogP contribution in [0.25, 0.3) is 0 Å². The molecule has 110 valence electrons. The highest BCUT2D eigenvalue weighted by Crippen LogP contribution is 2.31. The molecule has 2 rings (SSSR count). The van der Waals surface area contributed by atoms with Crippen molar-refractivity contribution >= 4 is 23.2 Å². The van der Waals surface area contributed by atoms with Gasteiger partial charge >= 0.3 is 0 Å². The molecule has 0 bridgehead atoms. The maximum atomic E-state index is 12.6. The van der Waals surface area contributed by atoms with Gasteiger partial charge in [-0.25, -0.2) is 4.98 Å². The number of thiazole rings is 1. The number of piperazine rings is 1. The first-order chi connectivity index (χ1) is 9.32. The molecule has 1 saturated heterocycles. The zero-order valence-corrected chi connectivity index (χ0v) is 13.2. The molecule has 0 saturated carbocycles. The van der Waals surface area contributed by atoms with Crippen molar-refractivity contribution in [2.75, 3.05) is 6.54 Å². The number of amides is 2. The summed E-state index contributed by atoms with van der Waals surface area (Å²) in [5.74, 6) is 0.241. The van der Waals surface area contributed by atoms with E-state index in [0.717, 1.165) is 5.01 Å². The number of aromatic nitrogens is 1. The second-order valence-corrected chi connectivity index (χ2v) is 6.96. The highest BCUT2D eigenvalue weighted by molar-refractivity contribution is 7.09. The molecule has 1 unspecified atom stereocenters. The smallest absolute Gasteiger partial charge is 0.246 e. The van der Waals surface area contributed by atoms with Crippen LogP contribution in [-0.4, -0.2) is 34.3 Å². The topological polar surface area (TPSA) is 62.3 Å². The Morgan fingerprint density at radius 2 is 2.20 bits per heavy atom. The molecule has 1 aliphatic heterocycles. The lowest BCUT2D eigenvalue weighted by Gasteiger charge is -2.42. The quantitative estimate of drug-likeness (QED) is 0.920. The van der Waals surface area contributed by atoms with Crippen LogP contribution in [0.15, 0.2) is 11.6 Å². The highest BCUT2D eigenvalue weighted by atomic mass is 32.1. The third-order valence-electron chi connectivity index (χ3n) is 3.54. The summed E-state index contributed by atoms with van der Waals surface area (Å²) < 4.78 is 0. The minimum Gasteiger partial charge on any atom is -0.343 e. The fraction of sp³-hybridized carbons (Fsp3) is 0.643. The third-order valence-corrected chi connectivity index (χ3v) is 4.62. The van der Waals surface area contributed by atoms with Crippen LogP contribution in [0.2, 0.25) is 0 Å². The van der Waals surface area contributed by atoms with Gasteiger partial charge in [0.15, 0.2) is 0 Å². The number of carbonyl (C=O) groups excluding carboxylic acids is 2. The summed E-state index contributed by atoms with van der Waals surface area (Å²) in [5.41, 5.74) is -0.557. The van der Waals surface area contributed by atoms with Crippen LogP contribution in [0.5, 0.6) is 0 Å². The molecule has 2 amide bonds. The average molecular weight is 295 g/mol. The molecule has 0 aliphatic carbocycles. The maximum absolute atomic E-state index is 12.6. The van der Waals surface area contributed by atoms with E-state index in [-0.39, 0.29) is 18.4 Å². The van der Waals surface area contributed by atoms with Gasteiger partial charge in [-0.1, -0.05) is 13.8 Å². The average Bonchev–Trinajstić information content (AvgIpc) is 2.86. The molecule has 5 nitrogen and oxygen atoms in total. The molecule has 0 aromatic carbocycles. The first kappa shape index (κ1) is 15.0. The van der Waals surface area contributed by atoms with Gasteiger partial charge in [-0.05, 0) is 26.2 Å². The summed E-state index contributed by atoms with van der Waals surface area (Å²) in [6, 6.07) is -0.421. The predicted octanol–water partition coefficient (Wildman–Crippen LogP) is 1.75. The molecule has 1 aromatic heterocycles. The van der Waals surface area contributed by atoms with E-state index >= 15 is 0 Å². The third kappa shape index (κ3) is 2.85. The lowest BCUT2D eigenvalue weighted by Crippen LogP contribution is -2.62. The highest BCUT2D eigenvalue weighted by Gasteiger charge is 2.42. The molecule has 1 aromatic rings. The normalized spacial score (nSPS) is 20.4. The van der Waals surface area contributed by atoms with Crippen molar-refractivity contribution in [2.24, 2.45) is 5.92 Å². The monoisotopic (exact) mass is 295 g/mol. The molecular weight excluding hydrogens is 274 g/mol. The first-order valence-electron chi connectivity index (χ1n) is 6.83.